The number of hydrogen-bond donors (Lipinski definition) is 0. The normalized spacial score (nSPS) is 17.0. The molecule has 7 heavy (non-hydrogen) atoms. The molecule has 1 radical (unpaired) electrons. The molecule has 1 aliphatic rings. The summed E-state index contributed by atoms with van der Waals surface area (Å²) in [4.78, 5) is 0. The van der Waals surface area contributed by atoms with Gasteiger partial charge in [-0.25, -0.2) is 0 Å². The van der Waals surface area contributed by atoms with Gasteiger partial charge in [0.25, 0.3) is 6.21 Å². The second-order valence-corrected chi connectivity index (χ2v) is 1.98. The third kappa shape index (κ3) is 1.23. The molecule has 1 heterocycles. The maximum atomic E-state index is 3.59. The van der Waals surface area contributed by atoms with Crippen molar-refractivity contribution in [1.29, 1.82) is 0 Å². The average Bonchev–Trinajstić information content (AvgIpc) is 1.69. The van der Waals surface area contributed by atoms with E-state index < -0.39 is 0 Å². The lowest BCUT2D eigenvalue weighted by Crippen LogP contribution is -1.89. The topological polar surface area (TPSA) is 26.5 Å². The minimum Gasteiger partial charge on any atom is -0.0438 e. The van der Waals surface area contributed by atoms with E-state index in [1.165, 1.54) is 0 Å². The zero-order chi connectivity index (χ0) is 5.11. The highest BCUT2D eigenvalue weighted by Crippen LogP contribution is 1.98. The van der Waals surface area contributed by atoms with Crippen molar-refractivity contribution in [1.82, 2.24) is 5.10 Å². The van der Waals surface area contributed by atoms with Gasteiger partial charge in [-0.3, -0.25) is 0 Å². The lowest BCUT2D eigenvalue weighted by Gasteiger charge is -1.73. The van der Waals surface area contributed by atoms with E-state index in [-0.39, 0.29) is 0 Å². The molecule has 0 saturated heterocycles. The van der Waals surface area contributed by atoms with Crippen LogP contribution in [0.2, 0.25) is 0 Å². The molecule has 0 unspecified atom stereocenters. The van der Waals surface area contributed by atoms with E-state index in [2.05, 4.69) is 26.1 Å². The summed E-state index contributed by atoms with van der Waals surface area (Å²) in [5.41, 5.74) is 0. The molecule has 0 bridgehead atoms. The van der Waals surface area contributed by atoms with Crippen LogP contribution < -0.4 is 5.10 Å². The Hall–Kier alpha value is -0.440. The van der Waals surface area contributed by atoms with Crippen LogP contribution in [0.1, 0.15) is 0 Å². The van der Waals surface area contributed by atoms with E-state index in [1.807, 2.05) is 6.08 Å². The van der Waals surface area contributed by atoms with Crippen LogP contribution in [-0.2, 0) is 0 Å². The van der Waals surface area contributed by atoms with E-state index in [0.717, 1.165) is 4.48 Å². The molecule has 0 spiro atoms. The van der Waals surface area contributed by atoms with Gasteiger partial charge in [-0.15, -0.1) is 0 Å². The van der Waals surface area contributed by atoms with Crippen LogP contribution >= 0.6 is 15.9 Å². The van der Waals surface area contributed by atoms with Crippen LogP contribution in [0.15, 0.2) is 15.7 Å². The highest BCUT2D eigenvalue weighted by Gasteiger charge is 1.96. The molecule has 1 aliphatic heterocycles. The first kappa shape index (κ1) is 4.71. The highest BCUT2D eigenvalue weighted by molar-refractivity contribution is 9.12. The van der Waals surface area contributed by atoms with Gasteiger partial charge in [0.1, 0.15) is 6.21 Å². The summed E-state index contributed by atoms with van der Waals surface area (Å²) >= 11 is 3.21. The molecule has 0 atom stereocenters. The van der Waals surface area contributed by atoms with Crippen molar-refractivity contribution in [3.8, 4) is 0 Å². The fraction of sp³-hybridized carbons (Fsp3) is 0. The van der Waals surface area contributed by atoms with Crippen LogP contribution in [0.4, 0.5) is 0 Å². The molecule has 1 rings (SSSR count). The summed E-state index contributed by atoms with van der Waals surface area (Å²) < 4.78 is 0.961. The van der Waals surface area contributed by atoms with Gasteiger partial charge in [-0.05, 0) is 22.0 Å². The van der Waals surface area contributed by atoms with E-state index in [4.69, 9.17) is 0 Å². The molecule has 0 aromatic carbocycles. The van der Waals surface area contributed by atoms with Gasteiger partial charge in [0.2, 0.25) is 5.10 Å². The largest absolute Gasteiger partial charge is 0.292 e. The monoisotopic (exact) mass is 158 g/mol. The molecule has 2 nitrogen and oxygen atoms in total. The van der Waals surface area contributed by atoms with Crippen molar-refractivity contribution < 1.29 is 0 Å². The molecule has 0 amide bonds. The molecule has 0 aliphatic carbocycles. The molecule has 0 fully saturated rings. The molecule has 0 aromatic rings. The molecular weight excluding hydrogens is 156 g/mol. The van der Waals surface area contributed by atoms with Gasteiger partial charge in [0, 0.05) is 0 Å². The quantitative estimate of drug-likeness (QED) is 0.496. The summed E-state index contributed by atoms with van der Waals surface area (Å²) in [7, 11) is 0. The SMILES string of the molecule is BrC1=CC=N[N+]=C1. The first-order chi connectivity index (χ1) is 3.39. The van der Waals surface area contributed by atoms with E-state index in [9.17, 15) is 0 Å². The van der Waals surface area contributed by atoms with Gasteiger partial charge >= 0.3 is 0 Å². The Morgan fingerprint density at radius 2 is 2.57 bits per heavy atom. The van der Waals surface area contributed by atoms with Gasteiger partial charge in [-0.2, -0.15) is 0 Å². The molecule has 0 saturated carbocycles. The Labute approximate surface area is 49.8 Å². The van der Waals surface area contributed by atoms with E-state index in [0.29, 0.717) is 0 Å². The summed E-state index contributed by atoms with van der Waals surface area (Å²) in [5.74, 6) is 0. The predicted octanol–water partition coefficient (Wildman–Crippen LogP) is 0.671. The fourth-order valence-electron chi connectivity index (χ4n) is 0.275. The number of hydrogen-bond acceptors (Lipinski definition) is 2. The van der Waals surface area contributed by atoms with Gasteiger partial charge in [-0.1, -0.05) is 0 Å². The third-order valence-electron chi connectivity index (χ3n) is 0.548. The van der Waals surface area contributed by atoms with Gasteiger partial charge < -0.3 is 0 Å². The van der Waals surface area contributed by atoms with Gasteiger partial charge in [0.15, 0.2) is 0 Å². The lowest BCUT2D eigenvalue weighted by atomic mass is 10.5. The summed E-state index contributed by atoms with van der Waals surface area (Å²) in [6.07, 6.45) is 5.09. The van der Waals surface area contributed by atoms with Crippen molar-refractivity contribution in [3.05, 3.63) is 10.6 Å². The molecule has 0 aromatic heterocycles. The smallest absolute Gasteiger partial charge is 0.0438 e. The maximum Gasteiger partial charge on any atom is 0.292 e. The first-order valence-corrected chi connectivity index (χ1v) is 2.61. The zero-order valence-corrected chi connectivity index (χ0v) is 5.09. The molecular formula is C4H3BrN2+. The van der Waals surface area contributed by atoms with Crippen molar-refractivity contribution in [2.24, 2.45) is 5.10 Å². The Morgan fingerprint density at radius 3 is 2.86 bits per heavy atom. The second kappa shape index (κ2) is 2.02. The second-order valence-electron chi connectivity index (χ2n) is 1.06. The predicted molar refractivity (Wildman–Crippen MR) is 33.7 cm³/mol. The summed E-state index contributed by atoms with van der Waals surface area (Å²) in [6.45, 7) is 0. The lowest BCUT2D eigenvalue weighted by molar-refractivity contribution is 1.12. The van der Waals surface area contributed by atoms with Crippen LogP contribution in [0.5, 0.6) is 0 Å². The minimum atomic E-state index is 0.961. The Morgan fingerprint density at radius 1 is 1.71 bits per heavy atom. The van der Waals surface area contributed by atoms with Crippen molar-refractivity contribution in [2.45, 2.75) is 0 Å². The molecule has 0 N–H and O–H groups in total. The molecule has 35 valence electrons. The number of allylic oxidation sites excluding steroid dienone is 2. The van der Waals surface area contributed by atoms with E-state index in [1.54, 1.807) is 12.4 Å². The van der Waals surface area contributed by atoms with Crippen LogP contribution in [0.3, 0.4) is 0 Å². The highest BCUT2D eigenvalue weighted by atomic mass is 79.9. The molecule has 3 heteroatoms. The summed E-state index contributed by atoms with van der Waals surface area (Å²) in [6, 6.07) is 0. The first-order valence-electron chi connectivity index (χ1n) is 1.82. The average molecular weight is 159 g/mol. The Balaban J connectivity index is 2.82. The van der Waals surface area contributed by atoms with Gasteiger partial charge in [0.05, 0.1) is 9.58 Å². The zero-order valence-electron chi connectivity index (χ0n) is 3.50. The fourth-order valence-corrected chi connectivity index (χ4v) is 0.484. The Bertz CT molecular complexity index is 146. The van der Waals surface area contributed by atoms with Crippen molar-refractivity contribution in [3.63, 3.8) is 0 Å². The maximum absolute atomic E-state index is 3.59. The third-order valence-corrected chi connectivity index (χ3v) is 1.02. The standard InChI is InChI=1S/C4H3BrN2/c5-4-1-2-6-7-3-4/h1-3H/q+1. The summed E-state index contributed by atoms with van der Waals surface area (Å²) in [5, 5.41) is 7.15. The van der Waals surface area contributed by atoms with Crippen LogP contribution in [-0.4, -0.2) is 12.4 Å². The number of nitrogens with zero attached hydrogens (tertiary/aromatic N) is 2. The van der Waals surface area contributed by atoms with Crippen LogP contribution in [0, 0.1) is 0 Å². The number of halogens is 1. The minimum absolute atomic E-state index is 0.961. The Kier molecular flexibility index (Phi) is 1.36. The van der Waals surface area contributed by atoms with Crippen molar-refractivity contribution >= 4 is 28.4 Å². The number of rotatable bonds is 0. The van der Waals surface area contributed by atoms with Crippen LogP contribution in [0.25, 0.3) is 0 Å². The van der Waals surface area contributed by atoms with E-state index >= 15 is 0 Å². The van der Waals surface area contributed by atoms with Crippen molar-refractivity contribution in [2.75, 3.05) is 0 Å².